The second kappa shape index (κ2) is 11.8. The second-order valence-corrected chi connectivity index (χ2v) is 6.17. The maximum atomic E-state index is 12.4. The molecule has 2 aromatic carbocycles. The van der Waals surface area contributed by atoms with Crippen LogP contribution in [0.4, 0.5) is 22.7 Å². The van der Waals surface area contributed by atoms with Crippen LogP contribution in [0.25, 0.3) is 10.4 Å². The fraction of sp³-hybridized carbons (Fsp3) is 0.111. The molecule has 0 unspecified atom stereocenters. The lowest BCUT2D eigenvalue weighted by Gasteiger charge is -2.09. The summed E-state index contributed by atoms with van der Waals surface area (Å²) >= 11 is 9.12. The van der Waals surface area contributed by atoms with E-state index in [9.17, 15) is 19.7 Å². The van der Waals surface area contributed by atoms with E-state index in [0.717, 1.165) is 12.1 Å². The smallest absolute Gasteiger partial charge is 0.282 e. The fourth-order valence-corrected chi connectivity index (χ4v) is 2.70. The number of isothiocyanates is 2. The molecular formula is C18H12N8O4S2. The maximum Gasteiger partial charge on any atom is 0.282 e. The topological polar surface area (TPSA) is 175 Å². The Labute approximate surface area is 190 Å². The quantitative estimate of drug-likeness (QED) is 0.0816. The zero-order valence-corrected chi connectivity index (χ0v) is 17.6. The molecule has 2 aromatic rings. The summed E-state index contributed by atoms with van der Waals surface area (Å²) in [7, 11) is 0. The minimum absolute atomic E-state index is 0.0147. The van der Waals surface area contributed by atoms with Crippen LogP contribution in [0.15, 0.2) is 51.5 Å². The van der Waals surface area contributed by atoms with Crippen LogP contribution in [-0.2, 0) is 0 Å². The van der Waals surface area contributed by atoms with Crippen LogP contribution in [0, 0.1) is 10.1 Å². The first-order valence-electron chi connectivity index (χ1n) is 8.60. The minimum Gasteiger partial charge on any atom is -0.350 e. The first-order chi connectivity index (χ1) is 15.4. The number of hydrogen-bond acceptors (Lipinski definition) is 9. The zero-order chi connectivity index (χ0) is 23.5. The van der Waals surface area contributed by atoms with Gasteiger partial charge in [-0.1, -0.05) is 5.11 Å². The number of carbonyl (C=O) groups excluding carboxylic acids is 2. The molecule has 0 atom stereocenters. The molecule has 0 radical (unpaired) electrons. The van der Waals surface area contributed by atoms with Gasteiger partial charge in [0.25, 0.3) is 17.5 Å². The predicted molar refractivity (Wildman–Crippen MR) is 122 cm³/mol. The first-order valence-corrected chi connectivity index (χ1v) is 9.42. The van der Waals surface area contributed by atoms with Gasteiger partial charge in [0.1, 0.15) is 5.56 Å². The third-order valence-corrected chi connectivity index (χ3v) is 3.97. The molecule has 0 heterocycles. The standard InChI is InChI=1S/C18H12N8O4S2/c19-25-24-12-1-2-16(26(29)30)15(8-12)18(28)21-4-3-20-17(27)11-5-13(22-9-31)7-14(6-11)23-10-32/h1-2,5-8H,3-4H2,(H,20,27)(H,21,28). The summed E-state index contributed by atoms with van der Waals surface area (Å²) in [6.07, 6.45) is 0. The van der Waals surface area contributed by atoms with E-state index in [4.69, 9.17) is 5.53 Å². The summed E-state index contributed by atoms with van der Waals surface area (Å²) < 4.78 is 0. The molecule has 2 N–H and O–H groups in total. The summed E-state index contributed by atoms with van der Waals surface area (Å²) in [5.74, 6) is -1.26. The molecule has 2 rings (SSSR count). The molecule has 0 aromatic heterocycles. The van der Waals surface area contributed by atoms with Gasteiger partial charge in [-0.05, 0) is 60.3 Å². The van der Waals surface area contributed by atoms with Crippen LogP contribution >= 0.6 is 24.4 Å². The van der Waals surface area contributed by atoms with Gasteiger partial charge in [0.05, 0.1) is 26.6 Å². The number of benzene rings is 2. The highest BCUT2D eigenvalue weighted by Crippen LogP contribution is 2.25. The van der Waals surface area contributed by atoms with Crippen LogP contribution in [-0.4, -0.2) is 40.1 Å². The molecule has 160 valence electrons. The van der Waals surface area contributed by atoms with Crippen molar-refractivity contribution in [2.24, 2.45) is 15.1 Å². The molecule has 14 heteroatoms. The number of carbonyl (C=O) groups is 2. The Kier molecular flexibility index (Phi) is 8.81. The number of nitrogens with one attached hydrogen (secondary N) is 2. The largest absolute Gasteiger partial charge is 0.350 e. The Hall–Kier alpha value is -4.31. The van der Waals surface area contributed by atoms with Crippen LogP contribution in [0.1, 0.15) is 20.7 Å². The fourth-order valence-electron chi connectivity index (χ4n) is 2.49. The van der Waals surface area contributed by atoms with Gasteiger partial charge in [0.15, 0.2) is 0 Å². The third kappa shape index (κ3) is 6.61. The van der Waals surface area contributed by atoms with Gasteiger partial charge in [0, 0.05) is 35.3 Å². The zero-order valence-electron chi connectivity index (χ0n) is 16.0. The second-order valence-electron chi connectivity index (χ2n) is 5.80. The average molecular weight is 468 g/mol. The van der Waals surface area contributed by atoms with Gasteiger partial charge >= 0.3 is 0 Å². The van der Waals surface area contributed by atoms with Crippen molar-refractivity contribution in [1.82, 2.24) is 10.6 Å². The summed E-state index contributed by atoms with van der Waals surface area (Å²) in [4.78, 5) is 45.4. The van der Waals surface area contributed by atoms with E-state index in [1.807, 2.05) is 0 Å². The summed E-state index contributed by atoms with van der Waals surface area (Å²) in [5, 5.41) is 23.9. The van der Waals surface area contributed by atoms with Crippen molar-refractivity contribution in [2.45, 2.75) is 0 Å². The van der Waals surface area contributed by atoms with E-state index < -0.39 is 22.4 Å². The molecule has 2 amide bonds. The van der Waals surface area contributed by atoms with Crippen molar-refractivity contribution in [2.75, 3.05) is 13.1 Å². The predicted octanol–water partition coefficient (Wildman–Crippen LogP) is 4.17. The number of azide groups is 1. The Balaban J connectivity index is 2.05. The van der Waals surface area contributed by atoms with E-state index in [1.54, 1.807) is 0 Å². The summed E-state index contributed by atoms with van der Waals surface area (Å²) in [6.45, 7) is -0.0168. The van der Waals surface area contributed by atoms with Crippen LogP contribution in [0.2, 0.25) is 0 Å². The number of amides is 2. The van der Waals surface area contributed by atoms with Gasteiger partial charge in [-0.3, -0.25) is 19.7 Å². The van der Waals surface area contributed by atoms with E-state index in [1.165, 1.54) is 24.3 Å². The lowest BCUT2D eigenvalue weighted by atomic mass is 10.1. The Morgan fingerprint density at radius 2 is 1.59 bits per heavy atom. The molecule has 32 heavy (non-hydrogen) atoms. The monoisotopic (exact) mass is 468 g/mol. The molecule has 0 bridgehead atoms. The number of nitrogens with zero attached hydrogens (tertiary/aromatic N) is 6. The molecule has 0 spiro atoms. The normalized spacial score (nSPS) is 9.38. The van der Waals surface area contributed by atoms with Gasteiger partial charge in [-0.2, -0.15) is 9.98 Å². The van der Waals surface area contributed by atoms with E-state index >= 15 is 0 Å². The van der Waals surface area contributed by atoms with Gasteiger partial charge in [0.2, 0.25) is 0 Å². The average Bonchev–Trinajstić information content (AvgIpc) is 2.76. The third-order valence-electron chi connectivity index (χ3n) is 3.79. The van der Waals surface area contributed by atoms with Crippen molar-refractivity contribution >= 4 is 69.3 Å². The van der Waals surface area contributed by atoms with Crippen LogP contribution < -0.4 is 10.6 Å². The maximum absolute atomic E-state index is 12.4. The molecular weight excluding hydrogens is 456 g/mol. The van der Waals surface area contributed by atoms with Gasteiger partial charge < -0.3 is 10.6 Å². The number of nitro groups is 1. The summed E-state index contributed by atoms with van der Waals surface area (Å²) in [5.41, 5.74) is 8.71. The van der Waals surface area contributed by atoms with E-state index in [0.29, 0.717) is 11.4 Å². The highest BCUT2D eigenvalue weighted by atomic mass is 32.1. The van der Waals surface area contributed by atoms with Crippen LogP contribution in [0.3, 0.4) is 0 Å². The van der Waals surface area contributed by atoms with Gasteiger partial charge in [-0.25, -0.2) is 0 Å². The number of aliphatic imine (C=N–C) groups is 2. The Morgan fingerprint density at radius 1 is 1.00 bits per heavy atom. The minimum atomic E-state index is -0.768. The van der Waals surface area contributed by atoms with E-state index in [2.05, 4.69) is 65.4 Å². The molecule has 12 nitrogen and oxygen atoms in total. The molecule has 0 saturated carbocycles. The van der Waals surface area contributed by atoms with Crippen molar-refractivity contribution in [3.8, 4) is 0 Å². The molecule has 0 aliphatic rings. The molecule has 0 aliphatic heterocycles. The highest BCUT2D eigenvalue weighted by molar-refractivity contribution is 7.78. The number of nitro benzene ring substituents is 1. The number of thiocarbonyl (C=S) groups is 2. The van der Waals surface area contributed by atoms with Crippen LogP contribution in [0.5, 0.6) is 0 Å². The number of rotatable bonds is 9. The molecule has 0 saturated heterocycles. The Bertz CT molecular complexity index is 1190. The lowest BCUT2D eigenvalue weighted by Crippen LogP contribution is -2.34. The van der Waals surface area contributed by atoms with E-state index in [-0.39, 0.29) is 29.9 Å². The van der Waals surface area contributed by atoms with Crippen molar-refractivity contribution in [3.63, 3.8) is 0 Å². The van der Waals surface area contributed by atoms with Crippen molar-refractivity contribution in [3.05, 3.63) is 68.1 Å². The SMILES string of the molecule is [N-]=[N+]=Nc1ccc([N+](=O)[O-])c(C(=O)NCCNC(=O)c2cc(N=C=S)cc(N=C=S)c2)c1. The molecule has 0 fully saturated rings. The Morgan fingerprint density at radius 3 is 2.12 bits per heavy atom. The van der Waals surface area contributed by atoms with Crippen molar-refractivity contribution < 1.29 is 14.5 Å². The molecule has 0 aliphatic carbocycles. The summed E-state index contributed by atoms with van der Waals surface area (Å²) in [6, 6.07) is 7.84. The van der Waals surface area contributed by atoms with Gasteiger partial charge in [-0.15, -0.1) is 0 Å². The highest BCUT2D eigenvalue weighted by Gasteiger charge is 2.20. The first kappa shape index (κ1) is 24.0. The van der Waals surface area contributed by atoms with Crippen molar-refractivity contribution in [1.29, 1.82) is 0 Å². The number of hydrogen-bond donors (Lipinski definition) is 2. The lowest BCUT2D eigenvalue weighted by molar-refractivity contribution is -0.385.